The number of hydrogen-bond donors (Lipinski definition) is 1. The Bertz CT molecular complexity index is 1280. The molecule has 6 nitrogen and oxygen atoms in total. The molecule has 0 spiro atoms. The summed E-state index contributed by atoms with van der Waals surface area (Å²) in [6.07, 6.45) is 11.5. The Balaban J connectivity index is 1.25. The molecule has 5 aliphatic rings. The van der Waals surface area contributed by atoms with Gasteiger partial charge in [-0.25, -0.2) is 9.97 Å². The zero-order valence-corrected chi connectivity index (χ0v) is 22.8. The minimum absolute atomic E-state index is 0.0491. The molecule has 3 heterocycles. The molecule has 0 radical (unpaired) electrons. The summed E-state index contributed by atoms with van der Waals surface area (Å²) in [6.45, 7) is 4.25. The Kier molecular flexibility index (Phi) is 5.48. The van der Waals surface area contributed by atoms with E-state index in [0.29, 0.717) is 10.9 Å². The number of hydrogen-bond acceptors (Lipinski definition) is 8. The highest BCUT2D eigenvalue weighted by atomic mass is 32.2. The van der Waals surface area contributed by atoms with Crippen molar-refractivity contribution in [3.05, 3.63) is 21.3 Å². The van der Waals surface area contributed by atoms with E-state index in [4.69, 9.17) is 9.97 Å². The quantitative estimate of drug-likeness (QED) is 0.317. The van der Waals surface area contributed by atoms with Crippen LogP contribution in [0.1, 0.15) is 73.1 Å². The van der Waals surface area contributed by atoms with Gasteiger partial charge in [0.1, 0.15) is 20.7 Å². The molecule has 184 valence electrons. The maximum Gasteiger partial charge on any atom is 0.236 e. The second kappa shape index (κ2) is 8.48. The number of carbonyl (C=O) groups excluding carboxylic acids is 1. The van der Waals surface area contributed by atoms with Crippen LogP contribution < -0.4 is 5.32 Å². The minimum Gasteiger partial charge on any atom is -0.300 e. The highest BCUT2D eigenvalue weighted by Crippen LogP contribution is 2.60. The molecule has 35 heavy (non-hydrogen) atoms. The summed E-state index contributed by atoms with van der Waals surface area (Å²) in [5, 5.41) is 14.6. The summed E-state index contributed by atoms with van der Waals surface area (Å²) < 4.78 is 0. The zero-order chi connectivity index (χ0) is 23.7. The van der Waals surface area contributed by atoms with Crippen LogP contribution in [0.25, 0.3) is 10.2 Å². The van der Waals surface area contributed by atoms with E-state index in [1.54, 1.807) is 11.8 Å². The van der Waals surface area contributed by atoms with Crippen LogP contribution in [0.15, 0.2) is 5.03 Å². The summed E-state index contributed by atoms with van der Waals surface area (Å²) >= 11 is 4.88. The van der Waals surface area contributed by atoms with Crippen molar-refractivity contribution in [1.29, 1.82) is 0 Å². The molecule has 0 saturated heterocycles. The number of nitrogens with one attached hydrogen (secondary N) is 1. The Morgan fingerprint density at radius 1 is 1.09 bits per heavy atom. The fourth-order valence-corrected chi connectivity index (χ4v) is 10.6. The first-order chi connectivity index (χ1) is 16.9. The molecule has 8 rings (SSSR count). The lowest BCUT2D eigenvalue weighted by atomic mass is 9.49. The Hall–Kier alpha value is -1.58. The largest absolute Gasteiger partial charge is 0.300 e. The van der Waals surface area contributed by atoms with Crippen LogP contribution in [0.4, 0.5) is 5.13 Å². The van der Waals surface area contributed by atoms with E-state index in [1.807, 2.05) is 18.3 Å². The van der Waals surface area contributed by atoms with Gasteiger partial charge < -0.3 is 0 Å². The third-order valence-electron chi connectivity index (χ3n) is 8.75. The number of thioether (sulfide) groups is 1. The molecule has 4 bridgehead atoms. The molecule has 4 fully saturated rings. The summed E-state index contributed by atoms with van der Waals surface area (Å²) in [6, 6.07) is 0. The lowest BCUT2D eigenvalue weighted by Crippen LogP contribution is -2.49. The normalized spacial score (nSPS) is 31.1. The molecule has 1 N–H and O–H groups in total. The molecule has 9 heteroatoms. The first-order valence-electron chi connectivity index (χ1n) is 13.0. The molecular formula is C26H31N5OS3. The van der Waals surface area contributed by atoms with E-state index < -0.39 is 0 Å². The van der Waals surface area contributed by atoms with Gasteiger partial charge in [-0.05, 0) is 93.9 Å². The van der Waals surface area contributed by atoms with Crippen molar-refractivity contribution in [2.75, 3.05) is 11.1 Å². The van der Waals surface area contributed by atoms with Crippen molar-refractivity contribution in [3.8, 4) is 0 Å². The molecule has 1 amide bonds. The molecule has 1 atom stereocenters. The maximum atomic E-state index is 12.8. The third kappa shape index (κ3) is 4.02. The number of aryl methyl sites for hydroxylation is 2. The number of nitrogens with zero attached hydrogens (tertiary/aromatic N) is 4. The molecule has 3 aromatic rings. The SMILES string of the molecule is Cc1nnc(NC(=O)CSc2nc(C34CC5CC(CC(C5)C3)C4)nc3sc4c(c23)CC[C@H](C)C4)s1. The molecule has 3 aromatic heterocycles. The lowest BCUT2D eigenvalue weighted by Gasteiger charge is -2.56. The molecule has 0 aromatic carbocycles. The predicted molar refractivity (Wildman–Crippen MR) is 142 cm³/mol. The Morgan fingerprint density at radius 2 is 1.83 bits per heavy atom. The van der Waals surface area contributed by atoms with Crippen LogP contribution in [-0.4, -0.2) is 31.8 Å². The number of thiophene rings is 1. The van der Waals surface area contributed by atoms with Gasteiger partial charge in [-0.3, -0.25) is 10.1 Å². The maximum absolute atomic E-state index is 12.8. The smallest absolute Gasteiger partial charge is 0.236 e. The molecule has 0 aliphatic heterocycles. The lowest BCUT2D eigenvalue weighted by molar-refractivity contribution is -0.113. The van der Waals surface area contributed by atoms with Crippen molar-refractivity contribution < 1.29 is 4.79 Å². The number of anilines is 1. The van der Waals surface area contributed by atoms with Crippen molar-refractivity contribution in [2.24, 2.45) is 23.7 Å². The fraction of sp³-hybridized carbons (Fsp3) is 0.654. The van der Waals surface area contributed by atoms with Gasteiger partial charge in [-0.2, -0.15) is 0 Å². The van der Waals surface area contributed by atoms with Crippen LogP contribution >= 0.6 is 34.4 Å². The topological polar surface area (TPSA) is 80.7 Å². The van der Waals surface area contributed by atoms with Gasteiger partial charge in [0.15, 0.2) is 0 Å². The van der Waals surface area contributed by atoms with Gasteiger partial charge >= 0.3 is 0 Å². The predicted octanol–water partition coefficient (Wildman–Crippen LogP) is 6.17. The number of amides is 1. The van der Waals surface area contributed by atoms with Crippen molar-refractivity contribution in [1.82, 2.24) is 20.2 Å². The Morgan fingerprint density at radius 3 is 2.51 bits per heavy atom. The first-order valence-corrected chi connectivity index (χ1v) is 15.6. The van der Waals surface area contributed by atoms with E-state index in [1.165, 1.54) is 72.1 Å². The van der Waals surface area contributed by atoms with Gasteiger partial charge in [-0.15, -0.1) is 21.5 Å². The van der Waals surface area contributed by atoms with E-state index in [2.05, 4.69) is 22.4 Å². The average Bonchev–Trinajstić information content (AvgIpc) is 3.38. The van der Waals surface area contributed by atoms with Gasteiger partial charge in [0, 0.05) is 15.7 Å². The fourth-order valence-electron chi connectivity index (χ4n) is 7.67. The minimum atomic E-state index is -0.0491. The zero-order valence-electron chi connectivity index (χ0n) is 20.3. The second-order valence-corrected chi connectivity index (χ2v) is 14.8. The van der Waals surface area contributed by atoms with Crippen molar-refractivity contribution >= 4 is 55.7 Å². The summed E-state index contributed by atoms with van der Waals surface area (Å²) in [5.74, 6) is 4.65. The van der Waals surface area contributed by atoms with E-state index in [0.717, 1.165) is 57.2 Å². The number of aromatic nitrogens is 4. The number of fused-ring (bicyclic) bond motifs is 3. The molecule has 0 unspecified atom stereocenters. The van der Waals surface area contributed by atoms with Crippen molar-refractivity contribution in [2.45, 2.75) is 82.1 Å². The van der Waals surface area contributed by atoms with E-state index >= 15 is 0 Å². The van der Waals surface area contributed by atoms with Gasteiger partial charge in [0.05, 0.1) is 5.75 Å². The molecule has 5 aliphatic carbocycles. The first kappa shape index (κ1) is 22.6. The monoisotopic (exact) mass is 525 g/mol. The van der Waals surface area contributed by atoms with E-state index in [9.17, 15) is 4.79 Å². The summed E-state index contributed by atoms with van der Waals surface area (Å²) in [7, 11) is 0. The Labute approximate surface area is 218 Å². The number of rotatable bonds is 5. The van der Waals surface area contributed by atoms with Crippen LogP contribution in [0.5, 0.6) is 0 Å². The van der Waals surface area contributed by atoms with E-state index in [-0.39, 0.29) is 11.3 Å². The van der Waals surface area contributed by atoms with Gasteiger partial charge in [0.25, 0.3) is 0 Å². The second-order valence-electron chi connectivity index (χ2n) is 11.5. The van der Waals surface area contributed by atoms with Gasteiger partial charge in [-0.1, -0.05) is 30.0 Å². The van der Waals surface area contributed by atoms with Crippen LogP contribution in [0, 0.1) is 30.6 Å². The highest BCUT2D eigenvalue weighted by Gasteiger charge is 2.53. The third-order valence-corrected chi connectivity index (χ3v) is 11.6. The van der Waals surface area contributed by atoms with Crippen LogP contribution in [0.2, 0.25) is 0 Å². The molecular weight excluding hydrogens is 495 g/mol. The number of carbonyl (C=O) groups is 1. The van der Waals surface area contributed by atoms with Crippen molar-refractivity contribution in [3.63, 3.8) is 0 Å². The highest BCUT2D eigenvalue weighted by molar-refractivity contribution is 8.00. The standard InChI is InChI=1S/C26H31N5OS3/c1-13-3-4-18-19(5-13)35-23-21(18)22(33-12-20(32)27-25-31-30-14(2)34-25)28-24(29-23)26-9-15-6-16(10-26)8-17(7-15)11-26/h13,15-17H,3-12H2,1-2H3,(H,27,31,32)/t13-,15?,16?,17?,26?/m0/s1. The molecule has 4 saturated carbocycles. The van der Waals surface area contributed by atoms with Crippen LogP contribution in [0.3, 0.4) is 0 Å². The van der Waals surface area contributed by atoms with Gasteiger partial charge in [0.2, 0.25) is 11.0 Å². The summed E-state index contributed by atoms with van der Waals surface area (Å²) in [4.78, 5) is 26.1. The van der Waals surface area contributed by atoms with Crippen LogP contribution in [-0.2, 0) is 23.1 Å². The summed E-state index contributed by atoms with van der Waals surface area (Å²) in [5.41, 5.74) is 1.60. The average molecular weight is 526 g/mol.